The molecule has 4 aromatic rings. The SMILES string of the molecule is CCOC(=O)c1c(-c2ccc(C)cc2)csc1NC(=O)c1ccc(S(=O)(=O)c2ccc(C)cc2)o1. The molecule has 0 atom stereocenters. The van der Waals surface area contributed by atoms with E-state index in [4.69, 9.17) is 9.15 Å². The molecule has 2 heterocycles. The van der Waals surface area contributed by atoms with Gasteiger partial charge in [-0.3, -0.25) is 4.79 Å². The number of ether oxygens (including phenoxy) is 1. The van der Waals surface area contributed by atoms with Crippen molar-refractivity contribution in [3.63, 3.8) is 0 Å². The Bertz CT molecular complexity index is 1480. The fourth-order valence-corrected chi connectivity index (χ4v) is 5.51. The maximum absolute atomic E-state index is 12.9. The van der Waals surface area contributed by atoms with E-state index in [-0.39, 0.29) is 32.9 Å². The van der Waals surface area contributed by atoms with Crippen LogP contribution in [0.5, 0.6) is 0 Å². The van der Waals surface area contributed by atoms with Gasteiger partial charge in [0.05, 0.1) is 11.5 Å². The van der Waals surface area contributed by atoms with Gasteiger partial charge in [0.1, 0.15) is 10.6 Å². The van der Waals surface area contributed by atoms with Gasteiger partial charge < -0.3 is 14.5 Å². The van der Waals surface area contributed by atoms with Gasteiger partial charge in [-0.1, -0.05) is 47.5 Å². The number of furan rings is 1. The summed E-state index contributed by atoms with van der Waals surface area (Å²) in [5.74, 6) is -1.45. The van der Waals surface area contributed by atoms with Crippen LogP contribution in [0.4, 0.5) is 5.00 Å². The van der Waals surface area contributed by atoms with Crippen LogP contribution in [0.2, 0.25) is 0 Å². The number of esters is 1. The second kappa shape index (κ2) is 9.89. The molecule has 0 aliphatic carbocycles. The molecule has 2 aromatic carbocycles. The van der Waals surface area contributed by atoms with Crippen molar-refractivity contribution >= 4 is 38.1 Å². The summed E-state index contributed by atoms with van der Waals surface area (Å²) in [6, 6.07) is 16.5. The van der Waals surface area contributed by atoms with Crippen molar-refractivity contribution in [3.05, 3.63) is 88.5 Å². The Morgan fingerprint density at radius 2 is 1.57 bits per heavy atom. The van der Waals surface area contributed by atoms with Crippen LogP contribution in [0.1, 0.15) is 39.0 Å². The van der Waals surface area contributed by atoms with Crippen molar-refractivity contribution in [2.75, 3.05) is 11.9 Å². The molecule has 7 nitrogen and oxygen atoms in total. The van der Waals surface area contributed by atoms with Crippen LogP contribution < -0.4 is 5.32 Å². The van der Waals surface area contributed by atoms with Gasteiger partial charge in [0.15, 0.2) is 5.76 Å². The number of aryl methyl sites for hydroxylation is 2. The number of nitrogens with one attached hydrogen (secondary N) is 1. The minimum Gasteiger partial charge on any atom is -0.462 e. The molecule has 1 amide bonds. The van der Waals surface area contributed by atoms with Gasteiger partial charge in [-0.2, -0.15) is 0 Å². The Morgan fingerprint density at radius 3 is 2.20 bits per heavy atom. The molecular weight excluding hydrogens is 486 g/mol. The van der Waals surface area contributed by atoms with E-state index in [0.717, 1.165) is 16.7 Å². The lowest BCUT2D eigenvalue weighted by atomic mass is 10.0. The number of carbonyl (C=O) groups is 2. The zero-order chi connectivity index (χ0) is 25.2. The molecule has 2 aromatic heterocycles. The normalized spacial score (nSPS) is 11.3. The molecule has 0 radical (unpaired) electrons. The molecular formula is C26H23NO6S2. The lowest BCUT2D eigenvalue weighted by Gasteiger charge is -2.08. The minimum atomic E-state index is -3.92. The van der Waals surface area contributed by atoms with Crippen LogP contribution in [0.3, 0.4) is 0 Å². The Balaban J connectivity index is 1.63. The van der Waals surface area contributed by atoms with E-state index >= 15 is 0 Å². The maximum atomic E-state index is 12.9. The first-order chi connectivity index (χ1) is 16.7. The zero-order valence-electron chi connectivity index (χ0n) is 19.3. The van der Waals surface area contributed by atoms with Gasteiger partial charge >= 0.3 is 5.97 Å². The highest BCUT2D eigenvalue weighted by atomic mass is 32.2. The van der Waals surface area contributed by atoms with Crippen molar-refractivity contribution in [2.24, 2.45) is 0 Å². The van der Waals surface area contributed by atoms with E-state index in [1.54, 1.807) is 24.4 Å². The summed E-state index contributed by atoms with van der Waals surface area (Å²) in [5.41, 5.74) is 3.66. The van der Waals surface area contributed by atoms with Gasteiger partial charge in [-0.05, 0) is 50.6 Å². The summed E-state index contributed by atoms with van der Waals surface area (Å²) in [7, 11) is -3.92. The van der Waals surface area contributed by atoms with Crippen LogP contribution in [0.15, 0.2) is 80.4 Å². The highest BCUT2D eigenvalue weighted by Crippen LogP contribution is 2.37. The van der Waals surface area contributed by atoms with Crippen molar-refractivity contribution < 1.29 is 27.2 Å². The molecule has 4 rings (SSSR count). The molecule has 0 saturated heterocycles. The maximum Gasteiger partial charge on any atom is 0.341 e. The van der Waals surface area contributed by atoms with E-state index in [1.165, 1.54) is 35.6 Å². The summed E-state index contributed by atoms with van der Waals surface area (Å²) >= 11 is 1.17. The third-order valence-corrected chi connectivity index (χ3v) is 7.80. The molecule has 0 spiro atoms. The fraction of sp³-hybridized carbons (Fsp3) is 0.154. The van der Waals surface area contributed by atoms with Crippen molar-refractivity contribution in [1.82, 2.24) is 0 Å². The zero-order valence-corrected chi connectivity index (χ0v) is 21.0. The average molecular weight is 510 g/mol. The third kappa shape index (κ3) is 5.06. The van der Waals surface area contributed by atoms with E-state index in [0.29, 0.717) is 5.56 Å². The Labute approximate surface area is 207 Å². The first-order valence-corrected chi connectivity index (χ1v) is 13.2. The second-order valence-electron chi connectivity index (χ2n) is 7.83. The Hall–Kier alpha value is -3.69. The highest BCUT2D eigenvalue weighted by molar-refractivity contribution is 7.91. The summed E-state index contributed by atoms with van der Waals surface area (Å²) in [6.07, 6.45) is 0. The molecule has 180 valence electrons. The van der Waals surface area contributed by atoms with Crippen molar-refractivity contribution in [3.8, 4) is 11.1 Å². The van der Waals surface area contributed by atoms with Crippen LogP contribution in [0, 0.1) is 13.8 Å². The number of thiophene rings is 1. The molecule has 0 fully saturated rings. The van der Waals surface area contributed by atoms with E-state index in [9.17, 15) is 18.0 Å². The molecule has 0 bridgehead atoms. The lowest BCUT2D eigenvalue weighted by Crippen LogP contribution is -2.14. The van der Waals surface area contributed by atoms with Crippen LogP contribution in [0.25, 0.3) is 11.1 Å². The van der Waals surface area contributed by atoms with Gasteiger partial charge in [-0.25, -0.2) is 13.2 Å². The number of anilines is 1. The lowest BCUT2D eigenvalue weighted by molar-refractivity contribution is 0.0529. The number of sulfone groups is 1. The van der Waals surface area contributed by atoms with Gasteiger partial charge in [0.2, 0.25) is 14.9 Å². The van der Waals surface area contributed by atoms with Gasteiger partial charge in [0.25, 0.3) is 5.91 Å². The number of rotatable bonds is 7. The average Bonchev–Trinajstić information content (AvgIpc) is 3.48. The molecule has 0 saturated carbocycles. The summed E-state index contributed by atoms with van der Waals surface area (Å²) in [5, 5.41) is 4.37. The first kappa shape index (κ1) is 24.4. The molecule has 0 unspecified atom stereocenters. The Kier molecular flexibility index (Phi) is 6.90. The summed E-state index contributed by atoms with van der Waals surface area (Å²) in [4.78, 5) is 25.7. The van der Waals surface area contributed by atoms with Crippen molar-refractivity contribution in [2.45, 2.75) is 30.8 Å². The molecule has 1 N–H and O–H groups in total. The van der Waals surface area contributed by atoms with Gasteiger partial charge in [0, 0.05) is 10.9 Å². The number of carbonyl (C=O) groups excluding carboxylic acids is 2. The molecule has 0 aliphatic rings. The quantitative estimate of drug-likeness (QED) is 0.312. The minimum absolute atomic E-state index is 0.0648. The van der Waals surface area contributed by atoms with Crippen LogP contribution >= 0.6 is 11.3 Å². The summed E-state index contributed by atoms with van der Waals surface area (Å²) in [6.45, 7) is 5.69. The van der Waals surface area contributed by atoms with Crippen LogP contribution in [-0.2, 0) is 14.6 Å². The topological polar surface area (TPSA) is 103 Å². The summed E-state index contributed by atoms with van der Waals surface area (Å²) < 4.78 is 36.3. The highest BCUT2D eigenvalue weighted by Gasteiger charge is 2.26. The first-order valence-electron chi connectivity index (χ1n) is 10.8. The fourth-order valence-electron chi connectivity index (χ4n) is 3.39. The smallest absolute Gasteiger partial charge is 0.341 e. The van der Waals surface area contributed by atoms with E-state index in [1.807, 2.05) is 38.1 Å². The molecule has 9 heteroatoms. The second-order valence-corrected chi connectivity index (χ2v) is 10.6. The number of hydrogen-bond donors (Lipinski definition) is 1. The molecule has 0 aliphatic heterocycles. The predicted molar refractivity (Wildman–Crippen MR) is 134 cm³/mol. The van der Waals surface area contributed by atoms with Crippen molar-refractivity contribution in [1.29, 1.82) is 0 Å². The Morgan fingerprint density at radius 1 is 0.943 bits per heavy atom. The van der Waals surface area contributed by atoms with E-state index < -0.39 is 21.7 Å². The van der Waals surface area contributed by atoms with E-state index in [2.05, 4.69) is 5.32 Å². The van der Waals surface area contributed by atoms with Gasteiger partial charge in [-0.15, -0.1) is 11.3 Å². The third-order valence-electron chi connectivity index (χ3n) is 5.26. The predicted octanol–water partition coefficient (Wildman–Crippen LogP) is 5.89. The standard InChI is InChI=1S/C26H23NO6S2/c1-4-32-26(29)23-20(18-9-5-16(2)6-10-18)15-34-25(23)27-24(28)21-13-14-22(33-21)35(30,31)19-11-7-17(3)8-12-19/h5-15H,4H2,1-3H3,(H,27,28). The number of benzene rings is 2. The van der Waals surface area contributed by atoms with Crippen LogP contribution in [-0.4, -0.2) is 26.9 Å². The molecule has 35 heavy (non-hydrogen) atoms. The monoisotopic (exact) mass is 509 g/mol. The number of amides is 1. The largest absolute Gasteiger partial charge is 0.462 e. The number of hydrogen-bond acceptors (Lipinski definition) is 7.